The smallest absolute Gasteiger partial charge is 0.322 e. The summed E-state index contributed by atoms with van der Waals surface area (Å²) in [4.78, 5) is 34.5. The van der Waals surface area contributed by atoms with Crippen molar-refractivity contribution in [3.05, 3.63) is 106 Å². The molecular weight excluding hydrogens is 500 g/mol. The molecule has 7 nitrogen and oxygen atoms in total. The first kappa shape index (κ1) is 29.0. The largest absolute Gasteiger partial charge is 0.383 e. The maximum atomic E-state index is 14.0. The normalized spacial score (nSPS) is 12.2. The van der Waals surface area contributed by atoms with Crippen LogP contribution in [0, 0.1) is 0 Å². The molecule has 1 aromatic heterocycles. The second-order valence-electron chi connectivity index (χ2n) is 10.8. The Hall–Kier alpha value is -3.97. The van der Waals surface area contributed by atoms with Gasteiger partial charge < -0.3 is 15.0 Å². The highest BCUT2D eigenvalue weighted by atomic mass is 16.5. The molecule has 0 saturated heterocycles. The van der Waals surface area contributed by atoms with E-state index < -0.39 is 6.04 Å². The van der Waals surface area contributed by atoms with E-state index in [1.165, 1.54) is 0 Å². The zero-order chi connectivity index (χ0) is 28.8. The Labute approximate surface area is 236 Å². The Morgan fingerprint density at radius 3 is 2.15 bits per heavy atom. The lowest BCUT2D eigenvalue weighted by Gasteiger charge is -2.31. The molecule has 7 heteroatoms. The number of urea groups is 1. The van der Waals surface area contributed by atoms with Crippen molar-refractivity contribution in [1.82, 2.24) is 14.5 Å². The van der Waals surface area contributed by atoms with E-state index in [4.69, 9.17) is 9.72 Å². The van der Waals surface area contributed by atoms with E-state index in [2.05, 4.69) is 45.1 Å². The number of fused-ring (bicyclic) bond motifs is 1. The van der Waals surface area contributed by atoms with Crippen LogP contribution in [0.1, 0.15) is 75.0 Å². The number of anilines is 1. The molecular formula is C33H40N4O3. The summed E-state index contributed by atoms with van der Waals surface area (Å²) in [6.45, 7) is 11.5. The molecule has 1 N–H and O–H groups in total. The number of hydrogen-bond acceptors (Lipinski definition) is 4. The van der Waals surface area contributed by atoms with Crippen LogP contribution < -0.4 is 10.9 Å². The van der Waals surface area contributed by atoms with Crippen LogP contribution in [0.3, 0.4) is 0 Å². The molecule has 1 atom stereocenters. The first-order valence-corrected chi connectivity index (χ1v) is 14.0. The summed E-state index contributed by atoms with van der Waals surface area (Å²) in [5, 5.41) is 3.79. The molecule has 4 rings (SSSR count). The highest BCUT2D eigenvalue weighted by molar-refractivity contribution is 5.91. The number of ether oxygens (including phenoxy) is 1. The molecule has 0 bridgehead atoms. The number of amides is 2. The van der Waals surface area contributed by atoms with Gasteiger partial charge in [0.2, 0.25) is 0 Å². The molecule has 3 aromatic carbocycles. The predicted molar refractivity (Wildman–Crippen MR) is 162 cm³/mol. The highest BCUT2D eigenvalue weighted by Crippen LogP contribution is 2.33. The number of nitrogens with one attached hydrogen (secondary N) is 1. The fourth-order valence-electron chi connectivity index (χ4n) is 5.10. The predicted octanol–water partition coefficient (Wildman–Crippen LogP) is 6.93. The number of benzene rings is 3. The zero-order valence-corrected chi connectivity index (χ0v) is 24.3. The summed E-state index contributed by atoms with van der Waals surface area (Å²) in [7, 11) is 1.62. The Morgan fingerprint density at radius 1 is 0.900 bits per heavy atom. The van der Waals surface area contributed by atoms with E-state index in [-0.39, 0.29) is 23.4 Å². The van der Waals surface area contributed by atoms with Crippen LogP contribution in [-0.4, -0.2) is 40.7 Å². The lowest BCUT2D eigenvalue weighted by atomic mass is 9.93. The number of aromatic nitrogens is 2. The van der Waals surface area contributed by atoms with Gasteiger partial charge in [-0.3, -0.25) is 9.36 Å². The average Bonchev–Trinajstić information content (AvgIpc) is 2.95. The summed E-state index contributed by atoms with van der Waals surface area (Å²) >= 11 is 0. The van der Waals surface area contributed by atoms with Gasteiger partial charge in [-0.25, -0.2) is 9.78 Å². The van der Waals surface area contributed by atoms with Crippen LogP contribution in [0.4, 0.5) is 10.5 Å². The first-order chi connectivity index (χ1) is 19.2. The topological polar surface area (TPSA) is 76.5 Å². The first-order valence-electron chi connectivity index (χ1n) is 14.0. The quantitative estimate of drug-likeness (QED) is 0.237. The number of hydrogen-bond donors (Lipinski definition) is 1. The molecule has 0 aliphatic heterocycles. The van der Waals surface area contributed by atoms with Crippen molar-refractivity contribution >= 4 is 22.6 Å². The van der Waals surface area contributed by atoms with Gasteiger partial charge in [-0.15, -0.1) is 0 Å². The van der Waals surface area contributed by atoms with Gasteiger partial charge in [0.25, 0.3) is 5.56 Å². The van der Waals surface area contributed by atoms with Crippen LogP contribution in [-0.2, 0) is 11.3 Å². The molecule has 0 aliphatic rings. The third-order valence-corrected chi connectivity index (χ3v) is 7.32. The standard InChI is InChI=1S/C33H40N4O3/c1-22(2)26-16-12-17-27(23(3)4)30(26)35-33(39)36(19-20-40-6)24(5)31-34-29-18-11-10-15-28(29)32(38)37(31)21-25-13-8-7-9-14-25/h7-18,22-24H,19-21H2,1-6H3,(H,35,39). The minimum atomic E-state index is -0.509. The van der Waals surface area contributed by atoms with Crippen molar-refractivity contribution in [2.45, 2.75) is 59.0 Å². The minimum Gasteiger partial charge on any atom is -0.383 e. The van der Waals surface area contributed by atoms with Gasteiger partial charge in [-0.05, 0) is 47.6 Å². The van der Waals surface area contributed by atoms with E-state index in [1.807, 2.05) is 61.5 Å². The van der Waals surface area contributed by atoms with E-state index in [1.54, 1.807) is 22.6 Å². The number of nitrogens with zero attached hydrogens (tertiary/aromatic N) is 3. The van der Waals surface area contributed by atoms with Crippen molar-refractivity contribution in [2.75, 3.05) is 25.6 Å². The molecule has 1 unspecified atom stereocenters. The molecule has 0 aliphatic carbocycles. The van der Waals surface area contributed by atoms with Gasteiger partial charge in [-0.2, -0.15) is 0 Å². The summed E-state index contributed by atoms with van der Waals surface area (Å²) in [6, 6.07) is 22.6. The summed E-state index contributed by atoms with van der Waals surface area (Å²) in [5.74, 6) is 0.995. The molecule has 210 valence electrons. The third-order valence-electron chi connectivity index (χ3n) is 7.32. The molecule has 1 heterocycles. The van der Waals surface area contributed by atoms with Crippen LogP contribution in [0.5, 0.6) is 0 Å². The maximum Gasteiger partial charge on any atom is 0.322 e. The van der Waals surface area contributed by atoms with Crippen LogP contribution in [0.2, 0.25) is 0 Å². The molecule has 0 fully saturated rings. The maximum absolute atomic E-state index is 14.0. The number of methoxy groups -OCH3 is 1. The van der Waals surface area contributed by atoms with Crippen molar-refractivity contribution in [2.24, 2.45) is 0 Å². The fraction of sp³-hybridized carbons (Fsp3) is 0.364. The van der Waals surface area contributed by atoms with Crippen molar-refractivity contribution in [3.63, 3.8) is 0 Å². The Bertz CT molecular complexity index is 1490. The van der Waals surface area contributed by atoms with Gasteiger partial charge in [0.15, 0.2) is 0 Å². The average molecular weight is 541 g/mol. The molecule has 40 heavy (non-hydrogen) atoms. The molecule has 0 spiro atoms. The van der Waals surface area contributed by atoms with Crippen molar-refractivity contribution in [3.8, 4) is 0 Å². The summed E-state index contributed by atoms with van der Waals surface area (Å²) in [5.41, 5.74) is 4.48. The Balaban J connectivity index is 1.80. The van der Waals surface area contributed by atoms with E-state index in [0.717, 1.165) is 22.4 Å². The molecule has 2 amide bonds. The van der Waals surface area contributed by atoms with Gasteiger partial charge >= 0.3 is 6.03 Å². The SMILES string of the molecule is COCCN(C(=O)Nc1c(C(C)C)cccc1C(C)C)C(C)c1nc2ccccc2c(=O)n1Cc1ccccc1. The minimum absolute atomic E-state index is 0.129. The number of carbonyl (C=O) groups excluding carboxylic acids is 1. The lowest BCUT2D eigenvalue weighted by molar-refractivity contribution is 0.136. The molecule has 0 radical (unpaired) electrons. The third kappa shape index (κ3) is 6.26. The highest BCUT2D eigenvalue weighted by Gasteiger charge is 2.28. The monoisotopic (exact) mass is 540 g/mol. The number of para-hydroxylation sites is 2. The molecule has 0 saturated carbocycles. The van der Waals surface area contributed by atoms with E-state index >= 15 is 0 Å². The Morgan fingerprint density at radius 2 is 1.52 bits per heavy atom. The fourth-order valence-corrected chi connectivity index (χ4v) is 5.10. The van der Waals surface area contributed by atoms with Gasteiger partial charge in [0, 0.05) is 19.3 Å². The second kappa shape index (κ2) is 12.9. The zero-order valence-electron chi connectivity index (χ0n) is 24.3. The number of carbonyl (C=O) groups is 1. The summed E-state index contributed by atoms with van der Waals surface area (Å²) in [6.07, 6.45) is 0. The van der Waals surface area contributed by atoms with Gasteiger partial charge in [0.05, 0.1) is 30.1 Å². The summed E-state index contributed by atoms with van der Waals surface area (Å²) < 4.78 is 7.08. The Kier molecular flexibility index (Phi) is 9.38. The van der Waals surface area contributed by atoms with Crippen molar-refractivity contribution in [1.29, 1.82) is 0 Å². The van der Waals surface area contributed by atoms with Crippen LogP contribution >= 0.6 is 0 Å². The second-order valence-corrected chi connectivity index (χ2v) is 10.8. The van der Waals surface area contributed by atoms with E-state index in [0.29, 0.717) is 36.4 Å². The molecule has 4 aromatic rings. The lowest BCUT2D eigenvalue weighted by Crippen LogP contribution is -2.42. The van der Waals surface area contributed by atoms with Crippen LogP contribution in [0.15, 0.2) is 77.6 Å². The van der Waals surface area contributed by atoms with Crippen LogP contribution in [0.25, 0.3) is 10.9 Å². The van der Waals surface area contributed by atoms with Crippen molar-refractivity contribution < 1.29 is 9.53 Å². The number of rotatable bonds is 10. The van der Waals surface area contributed by atoms with E-state index in [9.17, 15) is 9.59 Å². The van der Waals surface area contributed by atoms with Gasteiger partial charge in [0.1, 0.15) is 5.82 Å². The van der Waals surface area contributed by atoms with Gasteiger partial charge in [-0.1, -0.05) is 88.4 Å².